The number of nitrogens with one attached hydrogen (secondary N) is 1. The Kier molecular flexibility index (Phi) is 5.71. The van der Waals surface area contributed by atoms with Gasteiger partial charge in [-0.1, -0.05) is 12.1 Å². The molecule has 0 aliphatic rings. The summed E-state index contributed by atoms with van der Waals surface area (Å²) >= 11 is 0. The highest BCUT2D eigenvalue weighted by molar-refractivity contribution is 7.92. The highest BCUT2D eigenvalue weighted by atomic mass is 32.2. The quantitative estimate of drug-likeness (QED) is 0.345. The summed E-state index contributed by atoms with van der Waals surface area (Å²) in [4.78, 5) is 21.4. The minimum absolute atomic E-state index is 0.111. The monoisotopic (exact) mass is 448 g/mol. The van der Waals surface area contributed by atoms with E-state index in [1.807, 2.05) is 0 Å². The SMILES string of the molecule is C#CCCS(=O)(=O)Nc1cccc(-c2ccnc3c(C(=O)c4ccc(F)cc4)ncn23)c1. The number of terminal acetylenes is 1. The molecule has 0 spiro atoms. The van der Waals surface area contributed by atoms with E-state index in [-0.39, 0.29) is 23.7 Å². The molecule has 0 radical (unpaired) electrons. The number of sulfonamides is 1. The molecule has 0 fully saturated rings. The van der Waals surface area contributed by atoms with E-state index in [2.05, 4.69) is 20.6 Å². The van der Waals surface area contributed by atoms with Gasteiger partial charge < -0.3 is 0 Å². The number of nitrogens with zero attached hydrogens (tertiary/aromatic N) is 3. The molecular formula is C23H17FN4O3S. The van der Waals surface area contributed by atoms with Crippen LogP contribution < -0.4 is 4.72 Å². The molecule has 0 saturated carbocycles. The fourth-order valence-electron chi connectivity index (χ4n) is 3.20. The van der Waals surface area contributed by atoms with Gasteiger partial charge in [0.25, 0.3) is 0 Å². The Balaban J connectivity index is 1.70. The molecule has 0 saturated heterocycles. The van der Waals surface area contributed by atoms with E-state index in [9.17, 15) is 17.6 Å². The maximum absolute atomic E-state index is 13.2. The van der Waals surface area contributed by atoms with Gasteiger partial charge in [0.15, 0.2) is 11.3 Å². The van der Waals surface area contributed by atoms with Gasteiger partial charge in [-0.2, -0.15) is 0 Å². The van der Waals surface area contributed by atoms with E-state index in [0.717, 1.165) is 0 Å². The molecule has 4 aromatic rings. The summed E-state index contributed by atoms with van der Waals surface area (Å²) in [6, 6.07) is 13.7. The van der Waals surface area contributed by atoms with Gasteiger partial charge in [0.1, 0.15) is 12.1 Å². The molecule has 0 atom stereocenters. The van der Waals surface area contributed by atoms with Crippen LogP contribution in [-0.4, -0.2) is 34.3 Å². The molecule has 0 aliphatic heterocycles. The van der Waals surface area contributed by atoms with Crippen molar-refractivity contribution in [3.63, 3.8) is 0 Å². The van der Waals surface area contributed by atoms with E-state index >= 15 is 0 Å². The highest BCUT2D eigenvalue weighted by Crippen LogP contribution is 2.25. The van der Waals surface area contributed by atoms with Crippen molar-refractivity contribution in [1.82, 2.24) is 14.4 Å². The van der Waals surface area contributed by atoms with E-state index in [1.54, 1.807) is 34.7 Å². The number of anilines is 1. The molecule has 2 aromatic heterocycles. The lowest BCUT2D eigenvalue weighted by Crippen LogP contribution is -2.16. The second-order valence-corrected chi connectivity index (χ2v) is 8.75. The summed E-state index contributed by atoms with van der Waals surface area (Å²) in [5.41, 5.74) is 2.48. The molecule has 32 heavy (non-hydrogen) atoms. The van der Waals surface area contributed by atoms with Crippen molar-refractivity contribution < 1.29 is 17.6 Å². The third kappa shape index (κ3) is 4.36. The van der Waals surface area contributed by atoms with Crippen LogP contribution in [0.5, 0.6) is 0 Å². The fourth-order valence-corrected chi connectivity index (χ4v) is 4.17. The molecule has 160 valence electrons. The van der Waals surface area contributed by atoms with Gasteiger partial charge in [0, 0.05) is 29.4 Å². The molecular weight excluding hydrogens is 431 g/mol. The first kappa shape index (κ1) is 21.2. The normalized spacial score (nSPS) is 11.2. The first-order valence-corrected chi connectivity index (χ1v) is 11.2. The average Bonchev–Trinajstić information content (AvgIpc) is 3.22. The van der Waals surface area contributed by atoms with Gasteiger partial charge in [0.2, 0.25) is 15.8 Å². The van der Waals surface area contributed by atoms with Gasteiger partial charge in [-0.05, 0) is 42.5 Å². The molecule has 2 aromatic carbocycles. The van der Waals surface area contributed by atoms with Crippen LogP contribution in [-0.2, 0) is 10.0 Å². The number of ketones is 1. The standard InChI is InChI=1S/C23H17FN4O3S/c1-2-3-13-32(30,31)27-19-6-4-5-17(14-19)20-11-12-25-23-21(26-15-28(20)23)22(29)16-7-9-18(24)10-8-16/h1,4-12,14-15,27H,3,13H2. The molecule has 4 rings (SSSR count). The number of halogens is 1. The molecule has 7 nitrogen and oxygen atoms in total. The predicted octanol–water partition coefficient (Wildman–Crippen LogP) is 3.53. The van der Waals surface area contributed by atoms with Crippen molar-refractivity contribution in [2.45, 2.75) is 6.42 Å². The van der Waals surface area contributed by atoms with Crippen molar-refractivity contribution in [2.75, 3.05) is 10.5 Å². The van der Waals surface area contributed by atoms with Crippen molar-refractivity contribution in [2.24, 2.45) is 0 Å². The number of rotatable bonds is 7. The Bertz CT molecular complexity index is 1450. The van der Waals surface area contributed by atoms with Gasteiger partial charge >= 0.3 is 0 Å². The maximum Gasteiger partial charge on any atom is 0.233 e. The number of carbonyl (C=O) groups excluding carboxylic acids is 1. The van der Waals surface area contributed by atoms with E-state index in [0.29, 0.717) is 28.2 Å². The average molecular weight is 448 g/mol. The van der Waals surface area contributed by atoms with Gasteiger partial charge in [-0.25, -0.2) is 22.8 Å². The Morgan fingerprint density at radius 3 is 2.66 bits per heavy atom. The van der Waals surface area contributed by atoms with Crippen LogP contribution in [0, 0.1) is 18.2 Å². The Morgan fingerprint density at radius 1 is 1.12 bits per heavy atom. The number of benzene rings is 2. The lowest BCUT2D eigenvalue weighted by molar-refractivity contribution is 0.103. The van der Waals surface area contributed by atoms with Crippen molar-refractivity contribution >= 4 is 27.1 Å². The molecule has 1 N–H and O–H groups in total. The fraction of sp³-hybridized carbons (Fsp3) is 0.0870. The van der Waals surface area contributed by atoms with Crippen LogP contribution in [0.2, 0.25) is 0 Å². The zero-order valence-electron chi connectivity index (χ0n) is 16.7. The van der Waals surface area contributed by atoms with Crippen molar-refractivity contribution in [3.8, 4) is 23.6 Å². The summed E-state index contributed by atoms with van der Waals surface area (Å²) in [5.74, 6) is 1.31. The number of fused-ring (bicyclic) bond motifs is 1. The summed E-state index contributed by atoms with van der Waals surface area (Å²) < 4.78 is 41.7. The van der Waals surface area contributed by atoms with Gasteiger partial charge in [0.05, 0.1) is 11.4 Å². The zero-order valence-corrected chi connectivity index (χ0v) is 17.5. The topological polar surface area (TPSA) is 93.4 Å². The number of imidazole rings is 1. The van der Waals surface area contributed by atoms with Gasteiger partial charge in [-0.3, -0.25) is 13.9 Å². The summed E-state index contributed by atoms with van der Waals surface area (Å²) in [5, 5.41) is 0. The number of hydrogen-bond donors (Lipinski definition) is 1. The first-order valence-electron chi connectivity index (χ1n) is 9.55. The van der Waals surface area contributed by atoms with Crippen LogP contribution >= 0.6 is 0 Å². The van der Waals surface area contributed by atoms with E-state index in [1.165, 1.54) is 36.8 Å². The largest absolute Gasteiger partial charge is 0.287 e. The van der Waals surface area contributed by atoms with Crippen molar-refractivity contribution in [3.05, 3.63) is 84.2 Å². The molecule has 2 heterocycles. The maximum atomic E-state index is 13.2. The third-order valence-electron chi connectivity index (χ3n) is 4.70. The Morgan fingerprint density at radius 2 is 1.91 bits per heavy atom. The number of carbonyl (C=O) groups is 1. The highest BCUT2D eigenvalue weighted by Gasteiger charge is 2.19. The smallest absolute Gasteiger partial charge is 0.233 e. The van der Waals surface area contributed by atoms with Crippen LogP contribution in [0.4, 0.5) is 10.1 Å². The lowest BCUT2D eigenvalue weighted by Gasteiger charge is -2.10. The molecule has 0 aliphatic carbocycles. The van der Waals surface area contributed by atoms with E-state index in [4.69, 9.17) is 6.42 Å². The van der Waals surface area contributed by atoms with Crippen LogP contribution in [0.1, 0.15) is 22.5 Å². The number of aromatic nitrogens is 3. The van der Waals surface area contributed by atoms with Crippen LogP contribution in [0.25, 0.3) is 16.9 Å². The number of hydrogen-bond acceptors (Lipinski definition) is 5. The third-order valence-corrected chi connectivity index (χ3v) is 5.99. The van der Waals surface area contributed by atoms with Crippen LogP contribution in [0.3, 0.4) is 0 Å². The summed E-state index contributed by atoms with van der Waals surface area (Å²) in [7, 11) is -3.57. The van der Waals surface area contributed by atoms with Crippen molar-refractivity contribution in [1.29, 1.82) is 0 Å². The first-order chi connectivity index (χ1) is 15.4. The van der Waals surface area contributed by atoms with E-state index < -0.39 is 15.8 Å². The zero-order chi connectivity index (χ0) is 22.7. The second-order valence-electron chi connectivity index (χ2n) is 6.91. The molecule has 9 heteroatoms. The second kappa shape index (κ2) is 8.61. The molecule has 0 unspecified atom stereocenters. The van der Waals surface area contributed by atoms with Crippen LogP contribution in [0.15, 0.2) is 67.1 Å². The predicted molar refractivity (Wildman–Crippen MR) is 119 cm³/mol. The molecule has 0 amide bonds. The summed E-state index contributed by atoms with van der Waals surface area (Å²) in [6.45, 7) is 0. The Labute approximate surface area is 184 Å². The van der Waals surface area contributed by atoms with Gasteiger partial charge in [-0.15, -0.1) is 12.3 Å². The lowest BCUT2D eigenvalue weighted by atomic mass is 10.1. The Hall–Kier alpha value is -4.03. The minimum atomic E-state index is -3.57. The summed E-state index contributed by atoms with van der Waals surface area (Å²) in [6.07, 6.45) is 8.27. The minimum Gasteiger partial charge on any atom is -0.287 e. The molecule has 0 bridgehead atoms.